The summed E-state index contributed by atoms with van der Waals surface area (Å²) in [5.41, 5.74) is 4.33. The minimum atomic E-state index is 0.284. The van der Waals surface area contributed by atoms with E-state index in [4.69, 9.17) is 10.6 Å². The maximum absolute atomic E-state index is 5.64. The minimum Gasteiger partial charge on any atom is -0.372 e. The van der Waals surface area contributed by atoms with E-state index in [1.807, 2.05) is 12.1 Å². The van der Waals surface area contributed by atoms with E-state index in [2.05, 4.69) is 24.3 Å². The molecule has 15 heavy (non-hydrogen) atoms. The molecule has 0 aromatic carbocycles. The molecule has 1 aromatic rings. The number of ether oxygens (including phenoxy) is 1. The van der Waals surface area contributed by atoms with Gasteiger partial charge in [-0.1, -0.05) is 13.3 Å². The Labute approximate surface area is 90.8 Å². The highest BCUT2D eigenvalue weighted by Gasteiger charge is 2.02. The zero-order chi connectivity index (χ0) is 11.1. The summed E-state index contributed by atoms with van der Waals surface area (Å²) in [4.78, 5) is 4.20. The van der Waals surface area contributed by atoms with Gasteiger partial charge in [-0.3, -0.25) is 10.8 Å². The van der Waals surface area contributed by atoms with E-state index < -0.39 is 0 Å². The highest BCUT2D eigenvalue weighted by molar-refractivity contribution is 5.41. The second-order valence-corrected chi connectivity index (χ2v) is 3.59. The molecule has 0 saturated carbocycles. The van der Waals surface area contributed by atoms with Gasteiger partial charge in [0.05, 0.1) is 24.1 Å². The third-order valence-corrected chi connectivity index (χ3v) is 2.19. The van der Waals surface area contributed by atoms with Crippen LogP contribution in [0.25, 0.3) is 0 Å². The van der Waals surface area contributed by atoms with Gasteiger partial charge in [0.1, 0.15) is 0 Å². The molecule has 0 radical (unpaired) electrons. The van der Waals surface area contributed by atoms with E-state index in [0.717, 1.165) is 24.2 Å². The van der Waals surface area contributed by atoms with Crippen LogP contribution in [0.1, 0.15) is 32.4 Å². The third-order valence-electron chi connectivity index (χ3n) is 2.19. The van der Waals surface area contributed by atoms with Gasteiger partial charge in [-0.15, -0.1) is 0 Å². The summed E-state index contributed by atoms with van der Waals surface area (Å²) in [7, 11) is 0. The largest absolute Gasteiger partial charge is 0.372 e. The zero-order valence-corrected chi connectivity index (χ0v) is 9.36. The fourth-order valence-electron chi connectivity index (χ4n) is 1.36. The Bertz CT molecular complexity index is 291. The van der Waals surface area contributed by atoms with Crippen LogP contribution in [0.5, 0.6) is 0 Å². The topological polar surface area (TPSA) is 60.2 Å². The van der Waals surface area contributed by atoms with E-state index in [1.54, 1.807) is 6.20 Å². The Morgan fingerprint density at radius 1 is 1.60 bits per heavy atom. The predicted octanol–water partition coefficient (Wildman–Crippen LogP) is 2.07. The summed E-state index contributed by atoms with van der Waals surface area (Å²) in [6.07, 6.45) is 4.22. The summed E-state index contributed by atoms with van der Waals surface area (Å²) in [5.74, 6) is 5.30. The van der Waals surface area contributed by atoms with E-state index in [0.29, 0.717) is 6.61 Å². The van der Waals surface area contributed by atoms with Crippen molar-refractivity contribution in [1.82, 2.24) is 4.98 Å². The van der Waals surface area contributed by atoms with Crippen LogP contribution in [-0.2, 0) is 11.3 Å². The predicted molar refractivity (Wildman–Crippen MR) is 61.2 cm³/mol. The van der Waals surface area contributed by atoms with Crippen LogP contribution < -0.4 is 11.3 Å². The Morgan fingerprint density at radius 2 is 2.40 bits per heavy atom. The third kappa shape index (κ3) is 4.27. The number of rotatable bonds is 6. The first-order valence-electron chi connectivity index (χ1n) is 5.29. The Balaban J connectivity index is 2.43. The van der Waals surface area contributed by atoms with Crippen molar-refractivity contribution in [1.29, 1.82) is 0 Å². The maximum Gasteiger partial charge on any atom is 0.0892 e. The van der Waals surface area contributed by atoms with Crippen molar-refractivity contribution in [2.45, 2.75) is 39.4 Å². The van der Waals surface area contributed by atoms with Crippen molar-refractivity contribution in [2.24, 2.45) is 5.84 Å². The van der Waals surface area contributed by atoms with Crippen molar-refractivity contribution >= 4 is 5.69 Å². The lowest BCUT2D eigenvalue weighted by Gasteiger charge is -2.11. The Morgan fingerprint density at radius 3 is 3.07 bits per heavy atom. The number of hydrogen-bond acceptors (Lipinski definition) is 4. The zero-order valence-electron chi connectivity index (χ0n) is 9.36. The smallest absolute Gasteiger partial charge is 0.0892 e. The molecule has 1 heterocycles. The summed E-state index contributed by atoms with van der Waals surface area (Å²) in [6.45, 7) is 4.77. The first kappa shape index (κ1) is 11.9. The van der Waals surface area contributed by atoms with Crippen LogP contribution in [0, 0.1) is 0 Å². The minimum absolute atomic E-state index is 0.284. The number of nitrogens with one attached hydrogen (secondary N) is 1. The van der Waals surface area contributed by atoms with Crippen LogP contribution >= 0.6 is 0 Å². The quantitative estimate of drug-likeness (QED) is 0.556. The standard InChI is InChI=1S/C11H19N3O/c1-3-4-9(2)15-8-11-7-10(14-12)5-6-13-11/h5-7,9H,3-4,8,12H2,1-2H3,(H,13,14). The van der Waals surface area contributed by atoms with Gasteiger partial charge in [0.2, 0.25) is 0 Å². The first-order chi connectivity index (χ1) is 7.26. The summed E-state index contributed by atoms with van der Waals surface area (Å²) in [5, 5.41) is 0. The molecule has 0 aliphatic rings. The van der Waals surface area contributed by atoms with Crippen molar-refractivity contribution < 1.29 is 4.74 Å². The molecular formula is C11H19N3O. The molecule has 4 heteroatoms. The second-order valence-electron chi connectivity index (χ2n) is 3.59. The monoisotopic (exact) mass is 209 g/mol. The molecule has 0 aliphatic carbocycles. The van der Waals surface area contributed by atoms with Crippen LogP contribution in [0.15, 0.2) is 18.3 Å². The molecule has 0 amide bonds. The average Bonchev–Trinajstić information content (AvgIpc) is 2.27. The molecule has 0 fully saturated rings. The lowest BCUT2D eigenvalue weighted by atomic mass is 10.2. The molecular weight excluding hydrogens is 190 g/mol. The number of hydrogen-bond donors (Lipinski definition) is 2. The molecule has 1 unspecified atom stereocenters. The van der Waals surface area contributed by atoms with Crippen molar-refractivity contribution in [3.05, 3.63) is 24.0 Å². The molecule has 0 bridgehead atoms. The van der Waals surface area contributed by atoms with Crippen LogP contribution in [0.2, 0.25) is 0 Å². The van der Waals surface area contributed by atoms with Crippen LogP contribution in [0.3, 0.4) is 0 Å². The van der Waals surface area contributed by atoms with E-state index in [-0.39, 0.29) is 6.10 Å². The highest BCUT2D eigenvalue weighted by atomic mass is 16.5. The molecule has 4 nitrogen and oxygen atoms in total. The lowest BCUT2D eigenvalue weighted by molar-refractivity contribution is 0.0453. The number of aromatic nitrogens is 1. The summed E-state index contributed by atoms with van der Waals surface area (Å²) in [6, 6.07) is 3.71. The van der Waals surface area contributed by atoms with Crippen molar-refractivity contribution in [3.63, 3.8) is 0 Å². The fourth-order valence-corrected chi connectivity index (χ4v) is 1.36. The average molecular weight is 209 g/mol. The van der Waals surface area contributed by atoms with E-state index >= 15 is 0 Å². The lowest BCUT2D eigenvalue weighted by Crippen LogP contribution is -2.10. The SMILES string of the molecule is CCCC(C)OCc1cc(NN)ccn1. The van der Waals surface area contributed by atoms with Gasteiger partial charge in [-0.25, -0.2) is 0 Å². The number of nitrogen functional groups attached to an aromatic ring is 1. The first-order valence-corrected chi connectivity index (χ1v) is 5.29. The summed E-state index contributed by atoms with van der Waals surface area (Å²) < 4.78 is 5.64. The molecule has 3 N–H and O–H groups in total. The molecule has 1 aromatic heterocycles. The highest BCUT2D eigenvalue weighted by Crippen LogP contribution is 2.09. The summed E-state index contributed by atoms with van der Waals surface area (Å²) >= 11 is 0. The molecule has 1 atom stereocenters. The molecule has 84 valence electrons. The van der Waals surface area contributed by atoms with Gasteiger partial charge in [0.15, 0.2) is 0 Å². The molecule has 0 spiro atoms. The normalized spacial score (nSPS) is 12.5. The van der Waals surface area contributed by atoms with Gasteiger partial charge in [0, 0.05) is 6.20 Å². The van der Waals surface area contributed by atoms with Gasteiger partial charge in [-0.05, 0) is 25.5 Å². The van der Waals surface area contributed by atoms with E-state index in [1.165, 1.54) is 0 Å². The van der Waals surface area contributed by atoms with Gasteiger partial charge in [0.25, 0.3) is 0 Å². The Kier molecular flexibility index (Phi) is 5.07. The van der Waals surface area contributed by atoms with Crippen molar-refractivity contribution in [2.75, 3.05) is 5.43 Å². The van der Waals surface area contributed by atoms with Crippen LogP contribution in [0.4, 0.5) is 5.69 Å². The maximum atomic E-state index is 5.64. The fraction of sp³-hybridized carbons (Fsp3) is 0.545. The number of nitrogens with two attached hydrogens (primary N) is 1. The number of anilines is 1. The molecule has 1 rings (SSSR count). The van der Waals surface area contributed by atoms with E-state index in [9.17, 15) is 0 Å². The van der Waals surface area contributed by atoms with Crippen LogP contribution in [-0.4, -0.2) is 11.1 Å². The van der Waals surface area contributed by atoms with Gasteiger partial charge < -0.3 is 10.2 Å². The number of hydrazine groups is 1. The number of nitrogens with zero attached hydrogens (tertiary/aromatic N) is 1. The van der Waals surface area contributed by atoms with Gasteiger partial charge >= 0.3 is 0 Å². The second kappa shape index (κ2) is 6.37. The Hall–Kier alpha value is -1.13. The number of pyridine rings is 1. The van der Waals surface area contributed by atoms with Crippen molar-refractivity contribution in [3.8, 4) is 0 Å². The van der Waals surface area contributed by atoms with Gasteiger partial charge in [-0.2, -0.15) is 0 Å². The molecule has 0 saturated heterocycles. The molecule has 0 aliphatic heterocycles.